The second-order valence-corrected chi connectivity index (χ2v) is 11.7. The number of carboxylic acids is 1. The molecule has 0 aliphatic heterocycles. The number of esters is 1. The molecule has 0 rings (SSSR count). The van der Waals surface area contributed by atoms with E-state index in [2.05, 4.69) is 29.5 Å². The molecule has 0 saturated carbocycles. The molecule has 0 bridgehead atoms. The van der Waals surface area contributed by atoms with Gasteiger partial charge in [0.1, 0.15) is 6.54 Å². The number of carboxylic acid groups (broad SMARTS) is 1. The predicted octanol–water partition coefficient (Wildman–Crippen LogP) is 5.42. The third-order valence-corrected chi connectivity index (χ3v) is 6.71. The third kappa shape index (κ3) is 22.6. The number of likely N-dealkylation sites (N-methyl/N-ethyl adjacent to an activating group) is 1. The summed E-state index contributed by atoms with van der Waals surface area (Å²) in [6.07, 6.45) is 17.3. The van der Waals surface area contributed by atoms with Crippen molar-refractivity contribution in [2.24, 2.45) is 0 Å². The Morgan fingerprint density at radius 1 is 0.839 bits per heavy atom. The van der Waals surface area contributed by atoms with Gasteiger partial charge in [-0.05, 0) is 19.3 Å². The van der Waals surface area contributed by atoms with Crippen LogP contribution >= 0.6 is 22.6 Å². The number of rotatable bonds is 21. The lowest BCUT2D eigenvalue weighted by atomic mass is 10.0. The number of hydrogen-bond donors (Lipinski definition) is 0. The van der Waals surface area contributed by atoms with Gasteiger partial charge in [0.2, 0.25) is 0 Å². The van der Waals surface area contributed by atoms with Crippen molar-refractivity contribution in [1.82, 2.24) is 0 Å². The minimum Gasteiger partial charge on any atom is -0.550 e. The molecule has 0 aliphatic carbocycles. The highest BCUT2D eigenvalue weighted by molar-refractivity contribution is 14.1. The summed E-state index contributed by atoms with van der Waals surface area (Å²) in [5, 5.41) is 10.9. The summed E-state index contributed by atoms with van der Waals surface area (Å²) in [4.78, 5) is 22.9. The maximum absolute atomic E-state index is 12.0. The zero-order chi connectivity index (χ0) is 23.5. The molecule has 184 valence electrons. The zero-order valence-corrected chi connectivity index (χ0v) is 22.8. The fourth-order valence-corrected chi connectivity index (χ4v) is 4.70. The van der Waals surface area contributed by atoms with E-state index in [9.17, 15) is 14.7 Å². The fourth-order valence-electron chi connectivity index (χ4n) is 3.82. The van der Waals surface area contributed by atoms with Crippen LogP contribution in [0.4, 0.5) is 0 Å². The van der Waals surface area contributed by atoms with Gasteiger partial charge in [0, 0.05) is 22.7 Å². The van der Waals surface area contributed by atoms with Crippen LogP contribution in [0.1, 0.15) is 110 Å². The van der Waals surface area contributed by atoms with Gasteiger partial charge in [-0.15, -0.1) is 0 Å². The van der Waals surface area contributed by atoms with Crippen molar-refractivity contribution in [1.29, 1.82) is 0 Å². The summed E-state index contributed by atoms with van der Waals surface area (Å²) >= 11 is 2.62. The second-order valence-electron chi connectivity index (χ2n) is 9.97. The number of carbonyl (C=O) groups is 2. The Morgan fingerprint density at radius 2 is 1.32 bits per heavy atom. The predicted molar refractivity (Wildman–Crippen MR) is 135 cm³/mol. The summed E-state index contributed by atoms with van der Waals surface area (Å²) in [6.45, 7) is 2.73. The van der Waals surface area contributed by atoms with Crippen LogP contribution in [-0.4, -0.2) is 54.1 Å². The number of nitrogens with zero attached hydrogens (tertiary/aromatic N) is 1. The monoisotopic (exact) mass is 553 g/mol. The van der Waals surface area contributed by atoms with Crippen LogP contribution in [0.2, 0.25) is 0 Å². The van der Waals surface area contributed by atoms with Crippen molar-refractivity contribution in [3.63, 3.8) is 0 Å². The van der Waals surface area contributed by atoms with Gasteiger partial charge in [0.25, 0.3) is 0 Å². The fraction of sp³-hybridized carbons (Fsp3) is 0.920. The Labute approximate surface area is 205 Å². The minimum absolute atomic E-state index is 0.238. The van der Waals surface area contributed by atoms with Gasteiger partial charge in [-0.2, -0.15) is 0 Å². The molecule has 0 spiro atoms. The molecule has 0 aromatic heterocycles. The van der Waals surface area contributed by atoms with Gasteiger partial charge in [-0.1, -0.05) is 100 Å². The van der Waals surface area contributed by atoms with E-state index >= 15 is 0 Å². The van der Waals surface area contributed by atoms with E-state index in [1.165, 1.54) is 70.6 Å². The molecule has 0 saturated heterocycles. The Kier molecular flexibility index (Phi) is 18.9. The van der Waals surface area contributed by atoms with Crippen molar-refractivity contribution in [2.45, 2.75) is 120 Å². The summed E-state index contributed by atoms with van der Waals surface area (Å²) in [6, 6.07) is 0. The Morgan fingerprint density at radius 3 is 1.81 bits per heavy atom. The smallest absolute Gasteiger partial charge is 0.306 e. The standard InChI is InChI=1S/C25H48INO4/c1-5-6-7-8-11-14-17-22(26)18-15-12-9-10-13-16-19-25(30)31-23(20-24(28)29)21-27(2,3)4/h22-23H,5-21H2,1-4H3. The SMILES string of the molecule is CCCCCCCCC(I)CCCCCCCCC(=O)OC(CC(=O)[O-])C[N+](C)(C)C. The topological polar surface area (TPSA) is 66.4 Å². The first-order valence-corrected chi connectivity index (χ1v) is 13.7. The van der Waals surface area contributed by atoms with E-state index < -0.39 is 12.1 Å². The first-order chi connectivity index (χ1) is 14.6. The number of aliphatic carboxylic acids is 1. The quantitative estimate of drug-likeness (QED) is 0.0626. The van der Waals surface area contributed by atoms with Crippen LogP contribution in [0.5, 0.6) is 0 Å². The summed E-state index contributed by atoms with van der Waals surface area (Å²) in [7, 11) is 5.85. The highest BCUT2D eigenvalue weighted by Crippen LogP contribution is 2.20. The van der Waals surface area contributed by atoms with Gasteiger partial charge in [0.15, 0.2) is 6.10 Å². The number of hydrogen-bond acceptors (Lipinski definition) is 4. The van der Waals surface area contributed by atoms with Crippen molar-refractivity contribution in [2.75, 3.05) is 27.7 Å². The summed E-state index contributed by atoms with van der Waals surface area (Å²) < 4.78 is 6.75. The second kappa shape index (κ2) is 19.1. The molecule has 0 heterocycles. The molecule has 0 aromatic carbocycles. The van der Waals surface area contributed by atoms with Crippen molar-refractivity contribution in [3.8, 4) is 0 Å². The van der Waals surface area contributed by atoms with E-state index in [0.717, 1.165) is 23.2 Å². The molecule has 6 heteroatoms. The number of ether oxygens (including phenoxy) is 1. The Hall–Kier alpha value is -0.370. The molecule has 2 atom stereocenters. The maximum Gasteiger partial charge on any atom is 0.306 e. The van der Waals surface area contributed by atoms with Crippen LogP contribution in [0.15, 0.2) is 0 Å². The van der Waals surface area contributed by atoms with Crippen molar-refractivity contribution in [3.05, 3.63) is 0 Å². The van der Waals surface area contributed by atoms with Crippen molar-refractivity contribution >= 4 is 34.5 Å². The number of unbranched alkanes of at least 4 members (excludes halogenated alkanes) is 10. The largest absolute Gasteiger partial charge is 0.550 e. The number of quaternary nitrogens is 1. The van der Waals surface area contributed by atoms with E-state index in [1.807, 2.05) is 21.1 Å². The average Bonchev–Trinajstić information content (AvgIpc) is 2.64. The molecule has 0 fully saturated rings. The summed E-state index contributed by atoms with van der Waals surface area (Å²) in [5.74, 6) is -1.46. The Balaban J connectivity index is 3.67. The molecule has 0 aliphatic rings. The Bertz CT molecular complexity index is 465. The van der Waals surface area contributed by atoms with E-state index in [4.69, 9.17) is 4.74 Å². The molecular formula is C25H48INO4. The van der Waals surface area contributed by atoms with Crippen molar-refractivity contribution < 1.29 is 23.9 Å². The molecule has 0 aromatic rings. The lowest BCUT2D eigenvalue weighted by Crippen LogP contribution is -2.45. The van der Waals surface area contributed by atoms with Gasteiger partial charge < -0.3 is 19.1 Å². The molecule has 31 heavy (non-hydrogen) atoms. The molecule has 0 N–H and O–H groups in total. The molecule has 5 nitrogen and oxygen atoms in total. The molecule has 0 amide bonds. The number of alkyl halides is 1. The maximum atomic E-state index is 12.0. The van der Waals surface area contributed by atoms with Gasteiger partial charge in [-0.25, -0.2) is 0 Å². The van der Waals surface area contributed by atoms with Crippen LogP contribution in [0.25, 0.3) is 0 Å². The van der Waals surface area contributed by atoms with Gasteiger partial charge >= 0.3 is 5.97 Å². The highest BCUT2D eigenvalue weighted by atomic mass is 127. The van der Waals surface area contributed by atoms with Crippen LogP contribution in [0.3, 0.4) is 0 Å². The zero-order valence-electron chi connectivity index (χ0n) is 20.6. The van der Waals surface area contributed by atoms with E-state index in [1.54, 1.807) is 0 Å². The third-order valence-electron chi connectivity index (χ3n) is 5.46. The highest BCUT2D eigenvalue weighted by Gasteiger charge is 2.22. The van der Waals surface area contributed by atoms with E-state index in [-0.39, 0.29) is 12.4 Å². The average molecular weight is 554 g/mol. The molecule has 0 radical (unpaired) electrons. The van der Waals surface area contributed by atoms with Crippen LogP contribution in [-0.2, 0) is 14.3 Å². The normalized spacial score (nSPS) is 13.7. The first-order valence-electron chi connectivity index (χ1n) is 12.5. The first kappa shape index (κ1) is 30.6. The number of carbonyl (C=O) groups excluding carboxylic acids is 2. The van der Waals surface area contributed by atoms with E-state index in [0.29, 0.717) is 17.4 Å². The summed E-state index contributed by atoms with van der Waals surface area (Å²) in [5.41, 5.74) is 0. The molecular weight excluding hydrogens is 505 g/mol. The lowest BCUT2D eigenvalue weighted by Gasteiger charge is -2.29. The van der Waals surface area contributed by atoms with Crippen LogP contribution in [0, 0.1) is 0 Å². The van der Waals surface area contributed by atoms with Gasteiger partial charge in [-0.3, -0.25) is 4.79 Å². The number of halogens is 1. The minimum atomic E-state index is -1.17. The van der Waals surface area contributed by atoms with Crippen LogP contribution < -0.4 is 5.11 Å². The molecule has 2 unspecified atom stereocenters. The lowest BCUT2D eigenvalue weighted by molar-refractivity contribution is -0.873. The van der Waals surface area contributed by atoms with Gasteiger partial charge in [0.05, 0.1) is 21.1 Å².